The van der Waals surface area contributed by atoms with Crippen LogP contribution in [0.1, 0.15) is 28.6 Å². The lowest BCUT2D eigenvalue weighted by atomic mass is 10.0. The molecule has 0 aliphatic rings. The summed E-state index contributed by atoms with van der Waals surface area (Å²) in [5.74, 6) is -0.877. The number of fused-ring (bicyclic) bond motifs is 1. The minimum Gasteiger partial charge on any atom is -0.451 e. The first kappa shape index (κ1) is 14.9. The van der Waals surface area contributed by atoms with Crippen molar-refractivity contribution in [2.24, 2.45) is 0 Å². The minimum absolute atomic E-state index is 0.172. The third kappa shape index (κ3) is 2.68. The van der Waals surface area contributed by atoms with Crippen LogP contribution in [0, 0.1) is 11.6 Å². The molecule has 0 saturated carbocycles. The van der Waals surface area contributed by atoms with E-state index < -0.39 is 5.82 Å². The Morgan fingerprint density at radius 3 is 2.64 bits per heavy atom. The van der Waals surface area contributed by atoms with Gasteiger partial charge in [0.15, 0.2) is 11.5 Å². The van der Waals surface area contributed by atoms with E-state index in [0.29, 0.717) is 26.6 Å². The van der Waals surface area contributed by atoms with Gasteiger partial charge in [0, 0.05) is 24.3 Å². The Kier molecular flexibility index (Phi) is 3.83. The van der Waals surface area contributed by atoms with Crippen LogP contribution in [0.5, 0.6) is 0 Å². The number of furan rings is 1. The molecule has 0 aliphatic carbocycles. The standard InChI is InChI=1S/C17H11BrF2O2/c1-9(21)16-13(6-10-3-2-4-11(19)5-10)14-7-12(20)8-15(18)17(14)22-16/h2-5,7-8H,6H2,1H3. The van der Waals surface area contributed by atoms with Crippen molar-refractivity contribution >= 4 is 32.7 Å². The van der Waals surface area contributed by atoms with Gasteiger partial charge < -0.3 is 4.42 Å². The maximum absolute atomic E-state index is 13.7. The van der Waals surface area contributed by atoms with Crippen molar-refractivity contribution in [3.8, 4) is 0 Å². The van der Waals surface area contributed by atoms with E-state index >= 15 is 0 Å². The first-order chi connectivity index (χ1) is 10.5. The second-order valence-corrected chi connectivity index (χ2v) is 5.89. The number of rotatable bonds is 3. The molecule has 2 aromatic carbocycles. The molecule has 0 radical (unpaired) electrons. The normalized spacial score (nSPS) is 11.1. The molecule has 0 bridgehead atoms. The maximum atomic E-state index is 13.7. The number of ketones is 1. The van der Waals surface area contributed by atoms with E-state index in [2.05, 4.69) is 15.9 Å². The number of hydrogen-bond donors (Lipinski definition) is 0. The lowest BCUT2D eigenvalue weighted by molar-refractivity contribution is 0.0988. The fourth-order valence-electron chi connectivity index (χ4n) is 2.49. The zero-order valence-electron chi connectivity index (χ0n) is 11.6. The van der Waals surface area contributed by atoms with E-state index in [4.69, 9.17) is 4.42 Å². The molecule has 1 heterocycles. The molecule has 3 aromatic rings. The summed E-state index contributed by atoms with van der Waals surface area (Å²) in [6.45, 7) is 1.39. The van der Waals surface area contributed by atoms with Gasteiger partial charge in [-0.1, -0.05) is 12.1 Å². The van der Waals surface area contributed by atoms with E-state index in [-0.39, 0.29) is 23.8 Å². The Hall–Kier alpha value is -2.01. The zero-order valence-corrected chi connectivity index (χ0v) is 13.2. The van der Waals surface area contributed by atoms with Crippen molar-refractivity contribution < 1.29 is 18.0 Å². The lowest BCUT2D eigenvalue weighted by Crippen LogP contribution is -1.97. The number of carbonyl (C=O) groups is 1. The lowest BCUT2D eigenvalue weighted by Gasteiger charge is -2.02. The number of halogens is 3. The first-order valence-corrected chi connectivity index (χ1v) is 7.41. The Labute approximate surface area is 133 Å². The molecule has 0 amide bonds. The maximum Gasteiger partial charge on any atom is 0.195 e. The Morgan fingerprint density at radius 1 is 1.18 bits per heavy atom. The summed E-state index contributed by atoms with van der Waals surface area (Å²) < 4.78 is 33.0. The monoisotopic (exact) mass is 364 g/mol. The number of hydrogen-bond acceptors (Lipinski definition) is 2. The highest BCUT2D eigenvalue weighted by molar-refractivity contribution is 9.10. The summed E-state index contributed by atoms with van der Waals surface area (Å²) in [7, 11) is 0. The highest BCUT2D eigenvalue weighted by Crippen LogP contribution is 2.34. The molecule has 22 heavy (non-hydrogen) atoms. The quantitative estimate of drug-likeness (QED) is 0.592. The van der Waals surface area contributed by atoms with Crippen LogP contribution in [0.2, 0.25) is 0 Å². The van der Waals surface area contributed by atoms with Crippen LogP contribution >= 0.6 is 15.9 Å². The van der Waals surface area contributed by atoms with Crippen LogP contribution in [-0.2, 0) is 6.42 Å². The van der Waals surface area contributed by atoms with E-state index in [9.17, 15) is 13.6 Å². The Bertz CT molecular complexity index is 884. The van der Waals surface area contributed by atoms with Crippen LogP contribution < -0.4 is 0 Å². The van der Waals surface area contributed by atoms with E-state index in [1.54, 1.807) is 12.1 Å². The molecule has 0 atom stereocenters. The zero-order chi connectivity index (χ0) is 15.9. The van der Waals surface area contributed by atoms with Crippen molar-refractivity contribution in [1.29, 1.82) is 0 Å². The molecular weight excluding hydrogens is 354 g/mol. The second kappa shape index (κ2) is 5.65. The molecule has 0 unspecified atom stereocenters. The van der Waals surface area contributed by atoms with Crippen molar-refractivity contribution in [2.45, 2.75) is 13.3 Å². The second-order valence-electron chi connectivity index (χ2n) is 5.04. The van der Waals surface area contributed by atoms with Crippen molar-refractivity contribution in [3.05, 3.63) is 69.4 Å². The molecule has 0 N–H and O–H groups in total. The summed E-state index contributed by atoms with van der Waals surface area (Å²) in [5.41, 5.74) is 1.66. The fourth-order valence-corrected chi connectivity index (χ4v) is 3.00. The van der Waals surface area contributed by atoms with E-state index in [0.717, 1.165) is 0 Å². The molecule has 2 nitrogen and oxygen atoms in total. The third-order valence-corrected chi connectivity index (χ3v) is 3.99. The molecule has 5 heteroatoms. The predicted molar refractivity (Wildman–Crippen MR) is 83.1 cm³/mol. The van der Waals surface area contributed by atoms with Gasteiger partial charge in [-0.05, 0) is 45.8 Å². The fraction of sp³-hybridized carbons (Fsp3) is 0.118. The van der Waals surface area contributed by atoms with Gasteiger partial charge >= 0.3 is 0 Å². The van der Waals surface area contributed by atoms with Gasteiger partial charge in [0.25, 0.3) is 0 Å². The molecule has 1 aromatic heterocycles. The highest BCUT2D eigenvalue weighted by Gasteiger charge is 2.20. The van der Waals surface area contributed by atoms with Gasteiger partial charge in [-0.3, -0.25) is 4.79 Å². The summed E-state index contributed by atoms with van der Waals surface area (Å²) in [6.07, 6.45) is 0.287. The Balaban J connectivity index is 2.22. The highest BCUT2D eigenvalue weighted by atomic mass is 79.9. The smallest absolute Gasteiger partial charge is 0.195 e. The van der Waals surface area contributed by atoms with Crippen molar-refractivity contribution in [1.82, 2.24) is 0 Å². The summed E-state index contributed by atoms with van der Waals surface area (Å²) >= 11 is 3.24. The largest absolute Gasteiger partial charge is 0.451 e. The minimum atomic E-state index is -0.434. The molecule has 0 aliphatic heterocycles. The number of benzene rings is 2. The Morgan fingerprint density at radius 2 is 1.95 bits per heavy atom. The van der Waals surface area contributed by atoms with E-state index in [1.165, 1.54) is 31.2 Å². The predicted octanol–water partition coefficient (Wildman–Crippen LogP) is 5.27. The molecule has 0 spiro atoms. The van der Waals surface area contributed by atoms with Gasteiger partial charge in [-0.25, -0.2) is 8.78 Å². The van der Waals surface area contributed by atoms with Gasteiger partial charge in [-0.2, -0.15) is 0 Å². The molecule has 112 valence electrons. The van der Waals surface area contributed by atoms with Crippen LogP contribution in [-0.4, -0.2) is 5.78 Å². The number of carbonyl (C=O) groups excluding carboxylic acids is 1. The molecular formula is C17H11BrF2O2. The van der Waals surface area contributed by atoms with Crippen molar-refractivity contribution in [2.75, 3.05) is 0 Å². The summed E-state index contributed by atoms with van der Waals surface area (Å²) in [6, 6.07) is 8.68. The average Bonchev–Trinajstić information content (AvgIpc) is 2.78. The van der Waals surface area contributed by atoms with Gasteiger partial charge in [0.2, 0.25) is 0 Å². The molecule has 0 saturated heterocycles. The van der Waals surface area contributed by atoms with Crippen LogP contribution in [0.4, 0.5) is 8.78 Å². The van der Waals surface area contributed by atoms with Gasteiger partial charge in [-0.15, -0.1) is 0 Å². The average molecular weight is 365 g/mol. The van der Waals surface area contributed by atoms with Crippen LogP contribution in [0.15, 0.2) is 45.3 Å². The van der Waals surface area contributed by atoms with Crippen LogP contribution in [0.25, 0.3) is 11.0 Å². The third-order valence-electron chi connectivity index (χ3n) is 3.40. The van der Waals surface area contributed by atoms with Gasteiger partial charge in [0.05, 0.1) is 4.47 Å². The van der Waals surface area contributed by atoms with Gasteiger partial charge in [0.1, 0.15) is 17.2 Å². The van der Waals surface area contributed by atoms with Crippen LogP contribution in [0.3, 0.4) is 0 Å². The topological polar surface area (TPSA) is 30.2 Å². The van der Waals surface area contributed by atoms with Crippen molar-refractivity contribution in [3.63, 3.8) is 0 Å². The number of Topliss-reactive ketones (excluding diaryl/α,β-unsaturated/α-hetero) is 1. The molecule has 3 rings (SSSR count). The first-order valence-electron chi connectivity index (χ1n) is 6.61. The van der Waals surface area contributed by atoms with E-state index in [1.807, 2.05) is 0 Å². The SMILES string of the molecule is CC(=O)c1oc2c(Br)cc(F)cc2c1Cc1cccc(F)c1. The summed E-state index contributed by atoms with van der Waals surface area (Å²) in [4.78, 5) is 11.8. The molecule has 0 fully saturated rings. The summed E-state index contributed by atoms with van der Waals surface area (Å²) in [5, 5.41) is 0.515.